The summed E-state index contributed by atoms with van der Waals surface area (Å²) in [6.07, 6.45) is 5.92. The van der Waals surface area contributed by atoms with Gasteiger partial charge in [-0.25, -0.2) is 4.98 Å². The van der Waals surface area contributed by atoms with Crippen LogP contribution in [0.15, 0.2) is 164 Å². The Kier molecular flexibility index (Phi) is 7.56. The zero-order chi connectivity index (χ0) is 47.0. The number of thiophene rings is 1. The molecule has 10 aromatic rings. The zero-order valence-electron chi connectivity index (χ0n) is 41.0. The Hall–Kier alpha value is -6.20. The van der Waals surface area contributed by atoms with Crippen molar-refractivity contribution in [1.82, 2.24) is 14.5 Å². The van der Waals surface area contributed by atoms with E-state index in [0.29, 0.717) is 34.1 Å². The van der Waals surface area contributed by atoms with E-state index < -0.39 is 60.4 Å². The summed E-state index contributed by atoms with van der Waals surface area (Å²) in [4.78, 5) is 9.40. The SMILES string of the molecule is [2H]c1c([2H])c([2H])c(-c2cccc(-c3c([2H])c([2H])c([2H])c([2H])c3[2H])c2-[n+]2[c-]n(-c3[c-]c(Oc4[c-]c(-c5ncnc6c5sc5c(CC(C)C)cccc56)ccc4)ccc3)c3ccccc32)c([2H])c1[2H].[Pt]. The number of benzene rings is 7. The van der Waals surface area contributed by atoms with Gasteiger partial charge in [0.25, 0.3) is 6.33 Å². The Bertz CT molecular complexity index is 3530. The summed E-state index contributed by atoms with van der Waals surface area (Å²) in [5.41, 5.74) is 5.47. The van der Waals surface area contributed by atoms with Crippen LogP contribution in [-0.2, 0) is 27.5 Å². The molecular formula is C51H36N4OPtS-2. The molecule has 7 heteroatoms. The number of hydrogen-bond donors (Lipinski definition) is 0. The number of fused-ring (bicyclic) bond motifs is 4. The van der Waals surface area contributed by atoms with Crippen LogP contribution >= 0.6 is 11.3 Å². The van der Waals surface area contributed by atoms with Crippen molar-refractivity contribution in [3.05, 3.63) is 188 Å². The molecule has 3 heterocycles. The first-order valence-electron chi connectivity index (χ1n) is 23.3. The molecule has 5 nitrogen and oxygen atoms in total. The van der Waals surface area contributed by atoms with Gasteiger partial charge in [0.1, 0.15) is 6.33 Å². The van der Waals surface area contributed by atoms with Crippen molar-refractivity contribution in [2.45, 2.75) is 20.3 Å². The second-order valence-electron chi connectivity index (χ2n) is 13.8. The largest absolute Gasteiger partial charge is 0.503 e. The Morgan fingerprint density at radius 2 is 1.40 bits per heavy atom. The summed E-state index contributed by atoms with van der Waals surface area (Å²) in [6.45, 7) is 4.42. The van der Waals surface area contributed by atoms with E-state index in [-0.39, 0.29) is 49.0 Å². The summed E-state index contributed by atoms with van der Waals surface area (Å²) in [7, 11) is 0. The Morgan fingerprint density at radius 3 is 2.14 bits per heavy atom. The minimum atomic E-state index is -0.571. The van der Waals surface area contributed by atoms with Crippen molar-refractivity contribution in [3.63, 3.8) is 0 Å². The van der Waals surface area contributed by atoms with E-state index in [9.17, 15) is 0 Å². The third kappa shape index (κ3) is 6.93. The summed E-state index contributed by atoms with van der Waals surface area (Å²) in [5.74, 6) is 1.27. The van der Waals surface area contributed by atoms with E-state index in [1.807, 2.05) is 30.3 Å². The second-order valence-corrected chi connectivity index (χ2v) is 14.8. The normalized spacial score (nSPS) is 13.8. The summed E-state index contributed by atoms with van der Waals surface area (Å²) in [5, 5.41) is 1.10. The van der Waals surface area contributed by atoms with E-state index in [1.165, 1.54) is 10.3 Å². The van der Waals surface area contributed by atoms with Crippen molar-refractivity contribution >= 4 is 42.7 Å². The molecule has 0 saturated carbocycles. The minimum Gasteiger partial charge on any atom is -0.503 e. The average molecular weight is 958 g/mol. The molecule has 0 N–H and O–H groups in total. The Labute approximate surface area is 370 Å². The van der Waals surface area contributed by atoms with Gasteiger partial charge in [-0.05, 0) is 45.8 Å². The van der Waals surface area contributed by atoms with Crippen LogP contribution in [0.4, 0.5) is 0 Å². The Balaban J connectivity index is 0.00000578. The molecule has 10 rings (SSSR count). The quantitative estimate of drug-likeness (QED) is 0.107. The van der Waals surface area contributed by atoms with Gasteiger partial charge in [-0.15, -0.1) is 47.2 Å². The van der Waals surface area contributed by atoms with E-state index in [2.05, 4.69) is 55.5 Å². The molecule has 0 aliphatic carbocycles. The topological polar surface area (TPSA) is 43.8 Å². The van der Waals surface area contributed by atoms with Crippen molar-refractivity contribution < 1.29 is 44.1 Å². The van der Waals surface area contributed by atoms with Crippen LogP contribution in [0.2, 0.25) is 0 Å². The number of para-hydroxylation sites is 3. The fraction of sp³-hybridized carbons (Fsp3) is 0.0784. The first-order chi connectivity index (χ1) is 32.2. The van der Waals surface area contributed by atoms with Gasteiger partial charge in [-0.1, -0.05) is 141 Å². The number of aromatic nitrogens is 4. The van der Waals surface area contributed by atoms with Crippen LogP contribution in [0, 0.1) is 24.4 Å². The van der Waals surface area contributed by atoms with Crippen LogP contribution in [-0.4, -0.2) is 14.5 Å². The van der Waals surface area contributed by atoms with Crippen LogP contribution in [0.1, 0.15) is 33.1 Å². The number of nitrogens with zero attached hydrogens (tertiary/aromatic N) is 4. The number of rotatable bonds is 9. The molecule has 58 heavy (non-hydrogen) atoms. The van der Waals surface area contributed by atoms with Gasteiger partial charge < -0.3 is 9.30 Å². The van der Waals surface area contributed by atoms with Gasteiger partial charge in [-0.3, -0.25) is 9.55 Å². The molecule has 0 amide bonds. The van der Waals surface area contributed by atoms with Crippen LogP contribution < -0.4 is 9.30 Å². The molecule has 7 aromatic carbocycles. The van der Waals surface area contributed by atoms with Crippen molar-refractivity contribution in [3.8, 4) is 56.4 Å². The maximum Gasteiger partial charge on any atom is 0.268 e. The summed E-state index contributed by atoms with van der Waals surface area (Å²) in [6, 6.07) is 30.9. The van der Waals surface area contributed by atoms with Gasteiger partial charge in [-0.2, -0.15) is 12.1 Å². The van der Waals surface area contributed by atoms with Crippen LogP contribution in [0.3, 0.4) is 0 Å². The zero-order valence-corrected chi connectivity index (χ0v) is 34.1. The van der Waals surface area contributed by atoms with Gasteiger partial charge in [0.15, 0.2) is 0 Å². The van der Waals surface area contributed by atoms with E-state index in [4.69, 9.17) is 23.4 Å². The molecule has 0 aliphatic rings. The molecule has 3 aromatic heterocycles. The predicted molar refractivity (Wildman–Crippen MR) is 231 cm³/mol. The maximum absolute atomic E-state index is 8.97. The molecule has 0 atom stereocenters. The van der Waals surface area contributed by atoms with Crippen molar-refractivity contribution in [2.75, 3.05) is 0 Å². The third-order valence-corrected chi connectivity index (χ3v) is 10.9. The predicted octanol–water partition coefficient (Wildman–Crippen LogP) is 12.5. The molecular weight excluding hydrogens is 912 g/mol. The van der Waals surface area contributed by atoms with E-state index in [1.54, 1.807) is 75.3 Å². The molecule has 0 aliphatic heterocycles. The third-order valence-electron chi connectivity index (χ3n) is 9.59. The number of hydrogen-bond acceptors (Lipinski definition) is 4. The average Bonchev–Trinajstić information content (AvgIpc) is 3.91. The van der Waals surface area contributed by atoms with Gasteiger partial charge in [0.05, 0.1) is 35.9 Å². The molecule has 0 spiro atoms. The van der Waals surface area contributed by atoms with E-state index in [0.717, 1.165) is 33.3 Å². The van der Waals surface area contributed by atoms with Gasteiger partial charge in [0.2, 0.25) is 0 Å². The first-order valence-corrected chi connectivity index (χ1v) is 19.2. The summed E-state index contributed by atoms with van der Waals surface area (Å²) >= 11 is 1.68. The minimum absolute atomic E-state index is 0. The molecule has 0 bridgehead atoms. The smallest absolute Gasteiger partial charge is 0.268 e. The number of imidazole rings is 1. The van der Waals surface area contributed by atoms with E-state index >= 15 is 0 Å². The molecule has 0 fully saturated rings. The molecule has 0 radical (unpaired) electrons. The fourth-order valence-corrected chi connectivity index (χ4v) is 8.48. The van der Waals surface area contributed by atoms with Crippen LogP contribution in [0.5, 0.6) is 11.5 Å². The monoisotopic (exact) mass is 957 g/mol. The van der Waals surface area contributed by atoms with Crippen LogP contribution in [0.25, 0.3) is 76.2 Å². The second kappa shape index (κ2) is 16.0. The van der Waals surface area contributed by atoms with Gasteiger partial charge >= 0.3 is 0 Å². The number of ether oxygens (including phenoxy) is 1. The molecule has 0 saturated heterocycles. The maximum atomic E-state index is 8.97. The fourth-order valence-electron chi connectivity index (χ4n) is 7.20. The summed E-state index contributed by atoms with van der Waals surface area (Å²) < 4.78 is 98.5. The van der Waals surface area contributed by atoms with Gasteiger partial charge in [0, 0.05) is 53.0 Å². The Morgan fingerprint density at radius 1 is 0.724 bits per heavy atom. The standard InChI is InChI=1S/C51H36N4OS.Pt/c1-34(2)29-38-20-12-26-44-48-51(57-50(38)44)47(52-32-53-48)37-19-11-22-40(30-37)56-41-23-13-21-39(31-41)54-33-55(46-28-10-9-27-45(46)54)49-42(35-15-5-3-6-16-35)24-14-25-43(49)36-17-7-4-8-18-36;/h3-28,32,34H,29H2,1-2H3;/q-2;/i3D,4D,5D,6D,7D,8D,15D,16D,17D,18D;. The first kappa shape index (κ1) is 27.4. The molecule has 284 valence electrons. The van der Waals surface area contributed by atoms with Crippen molar-refractivity contribution in [2.24, 2.45) is 5.92 Å². The molecule has 0 unspecified atom stereocenters. The van der Waals surface area contributed by atoms with Crippen molar-refractivity contribution in [1.29, 1.82) is 0 Å².